The zero-order valence-corrected chi connectivity index (χ0v) is 16.9. The molecule has 0 heterocycles. The molecule has 0 saturated carbocycles. The number of rotatable bonds is 10. The molecule has 0 saturated heterocycles. The van der Waals surface area contributed by atoms with Crippen LogP contribution in [-0.2, 0) is 27.0 Å². The molecule has 2 rings (SSSR count). The number of alkyl halides is 3. The topological polar surface area (TPSA) is 57.1 Å². The molecule has 0 unspecified atom stereocenters. The van der Waals surface area contributed by atoms with Gasteiger partial charge >= 0.3 is 12.1 Å². The molecule has 0 aromatic heterocycles. The Morgan fingerprint density at radius 3 is 2.23 bits per heavy atom. The molecule has 0 bridgehead atoms. The zero-order chi connectivity index (χ0) is 22.0. The lowest BCUT2D eigenvalue weighted by Gasteiger charge is -2.09. The number of carbonyl (C=O) groups excluding carboxylic acids is 1. The Bertz CT molecular complexity index is 831. The summed E-state index contributed by atoms with van der Waals surface area (Å²) >= 11 is 0. The SMILES string of the molecule is CCOC(=O)COc1ccc(/C(CC)=N/OCCc2ccc(C(F)(F)F)cc2)cc1. The number of oxime groups is 1. The highest BCUT2D eigenvalue weighted by Gasteiger charge is 2.29. The van der Waals surface area contributed by atoms with Crippen LogP contribution in [0.5, 0.6) is 5.75 Å². The average Bonchev–Trinajstić information content (AvgIpc) is 2.73. The standard InChI is InChI=1S/C22H24F3NO4/c1-3-20(17-7-11-19(12-8-17)29-15-21(27)28-4-2)26-30-14-13-16-5-9-18(10-6-16)22(23,24)25/h5-12H,3-4,13-15H2,1-2H3/b26-20+. The van der Waals surface area contributed by atoms with Crippen molar-refractivity contribution in [3.8, 4) is 5.75 Å². The minimum atomic E-state index is -4.34. The third kappa shape index (κ3) is 7.42. The van der Waals surface area contributed by atoms with Gasteiger partial charge in [0.05, 0.1) is 17.9 Å². The first-order valence-electron chi connectivity index (χ1n) is 9.57. The van der Waals surface area contributed by atoms with E-state index in [1.807, 2.05) is 19.1 Å². The molecule has 8 heteroatoms. The van der Waals surface area contributed by atoms with Crippen molar-refractivity contribution in [2.24, 2.45) is 5.16 Å². The van der Waals surface area contributed by atoms with Crippen molar-refractivity contribution in [3.63, 3.8) is 0 Å². The predicted molar refractivity (Wildman–Crippen MR) is 106 cm³/mol. The van der Waals surface area contributed by atoms with Crippen LogP contribution in [0.4, 0.5) is 13.2 Å². The summed E-state index contributed by atoms with van der Waals surface area (Å²) in [7, 11) is 0. The number of nitrogens with zero attached hydrogens (tertiary/aromatic N) is 1. The van der Waals surface area contributed by atoms with Crippen LogP contribution in [0.25, 0.3) is 0 Å². The number of carbonyl (C=O) groups is 1. The smallest absolute Gasteiger partial charge is 0.416 e. The maximum absolute atomic E-state index is 12.6. The van der Waals surface area contributed by atoms with Crippen molar-refractivity contribution >= 4 is 11.7 Å². The van der Waals surface area contributed by atoms with Crippen LogP contribution in [0.15, 0.2) is 53.7 Å². The van der Waals surface area contributed by atoms with Crippen LogP contribution in [0.1, 0.15) is 37.0 Å². The number of esters is 1. The molecule has 162 valence electrons. The Kier molecular flexibility index (Phi) is 8.70. The molecular formula is C22H24F3NO4. The highest BCUT2D eigenvalue weighted by molar-refractivity contribution is 6.00. The average molecular weight is 423 g/mol. The zero-order valence-electron chi connectivity index (χ0n) is 16.9. The third-order valence-corrected chi connectivity index (χ3v) is 4.12. The number of halogens is 3. The van der Waals surface area contributed by atoms with E-state index >= 15 is 0 Å². The van der Waals surface area contributed by atoms with Crippen LogP contribution in [0.2, 0.25) is 0 Å². The van der Waals surface area contributed by atoms with Gasteiger partial charge in [0.15, 0.2) is 6.61 Å². The summed E-state index contributed by atoms with van der Waals surface area (Å²) in [4.78, 5) is 16.7. The molecule has 30 heavy (non-hydrogen) atoms. The van der Waals surface area contributed by atoms with Gasteiger partial charge in [-0.05, 0) is 60.9 Å². The third-order valence-electron chi connectivity index (χ3n) is 4.12. The minimum Gasteiger partial charge on any atom is -0.482 e. The van der Waals surface area contributed by atoms with E-state index in [-0.39, 0.29) is 13.2 Å². The van der Waals surface area contributed by atoms with Crippen molar-refractivity contribution in [1.82, 2.24) is 0 Å². The largest absolute Gasteiger partial charge is 0.482 e. The van der Waals surface area contributed by atoms with Gasteiger partial charge in [-0.2, -0.15) is 13.2 Å². The summed E-state index contributed by atoms with van der Waals surface area (Å²) in [6.45, 7) is 4.05. The maximum atomic E-state index is 12.6. The van der Waals surface area contributed by atoms with E-state index in [0.29, 0.717) is 25.2 Å². The molecule has 0 aliphatic rings. The van der Waals surface area contributed by atoms with E-state index in [0.717, 1.165) is 29.0 Å². The quantitative estimate of drug-likeness (QED) is 0.233. The normalized spacial score (nSPS) is 11.8. The maximum Gasteiger partial charge on any atom is 0.416 e. The molecule has 2 aromatic rings. The highest BCUT2D eigenvalue weighted by atomic mass is 19.4. The summed E-state index contributed by atoms with van der Waals surface area (Å²) in [5.74, 6) is 0.101. The molecule has 0 fully saturated rings. The van der Waals surface area contributed by atoms with Gasteiger partial charge in [-0.15, -0.1) is 0 Å². The summed E-state index contributed by atoms with van der Waals surface area (Å²) in [5.41, 5.74) is 1.63. The van der Waals surface area contributed by atoms with Gasteiger partial charge in [0.2, 0.25) is 0 Å². The van der Waals surface area contributed by atoms with Crippen molar-refractivity contribution in [3.05, 3.63) is 65.2 Å². The molecule has 0 aliphatic heterocycles. The number of ether oxygens (including phenoxy) is 2. The second-order valence-electron chi connectivity index (χ2n) is 6.29. The van der Waals surface area contributed by atoms with E-state index < -0.39 is 17.7 Å². The Labute approximate surface area is 173 Å². The van der Waals surface area contributed by atoms with Gasteiger partial charge in [-0.25, -0.2) is 4.79 Å². The Morgan fingerprint density at radius 1 is 1.00 bits per heavy atom. The molecular weight excluding hydrogens is 399 g/mol. The van der Waals surface area contributed by atoms with Crippen molar-refractivity contribution in [1.29, 1.82) is 0 Å². The first-order chi connectivity index (χ1) is 14.3. The van der Waals surface area contributed by atoms with Crippen molar-refractivity contribution in [2.75, 3.05) is 19.8 Å². The first kappa shape index (κ1) is 23.3. The monoisotopic (exact) mass is 423 g/mol. The van der Waals surface area contributed by atoms with Gasteiger partial charge in [0, 0.05) is 6.42 Å². The van der Waals surface area contributed by atoms with Crippen molar-refractivity contribution < 1.29 is 32.3 Å². The van der Waals surface area contributed by atoms with E-state index in [1.54, 1.807) is 19.1 Å². The summed E-state index contributed by atoms with van der Waals surface area (Å²) in [6, 6.07) is 12.1. The number of benzene rings is 2. The van der Waals surface area contributed by atoms with Gasteiger partial charge in [0.1, 0.15) is 12.4 Å². The van der Waals surface area contributed by atoms with E-state index in [2.05, 4.69) is 5.16 Å². The van der Waals surface area contributed by atoms with E-state index in [9.17, 15) is 18.0 Å². The van der Waals surface area contributed by atoms with Crippen molar-refractivity contribution in [2.45, 2.75) is 32.9 Å². The Hall–Kier alpha value is -3.03. The Balaban J connectivity index is 1.85. The van der Waals surface area contributed by atoms with E-state index in [4.69, 9.17) is 14.3 Å². The second kappa shape index (κ2) is 11.2. The minimum absolute atomic E-state index is 0.158. The molecule has 2 aromatic carbocycles. The van der Waals surface area contributed by atoms with Crippen LogP contribution < -0.4 is 4.74 Å². The molecule has 0 aliphatic carbocycles. The highest BCUT2D eigenvalue weighted by Crippen LogP contribution is 2.29. The van der Waals surface area contributed by atoms with Crippen LogP contribution in [0, 0.1) is 0 Å². The molecule has 0 spiro atoms. The second-order valence-corrected chi connectivity index (χ2v) is 6.29. The molecule has 0 radical (unpaired) electrons. The summed E-state index contributed by atoms with van der Waals surface area (Å²) < 4.78 is 47.9. The lowest BCUT2D eigenvalue weighted by molar-refractivity contribution is -0.145. The predicted octanol–water partition coefficient (Wildman–Crippen LogP) is 5.02. The summed E-state index contributed by atoms with van der Waals surface area (Å²) in [5, 5.41) is 4.13. The van der Waals surface area contributed by atoms with Gasteiger partial charge in [0.25, 0.3) is 0 Å². The van der Waals surface area contributed by atoms with Gasteiger partial charge < -0.3 is 14.3 Å². The molecule has 0 atom stereocenters. The lowest BCUT2D eigenvalue weighted by Crippen LogP contribution is -2.14. The number of hydrogen-bond acceptors (Lipinski definition) is 5. The van der Waals surface area contributed by atoms with Crippen LogP contribution in [0.3, 0.4) is 0 Å². The number of hydrogen-bond donors (Lipinski definition) is 0. The first-order valence-corrected chi connectivity index (χ1v) is 9.57. The summed E-state index contributed by atoms with van der Waals surface area (Å²) in [6.07, 6.45) is -3.27. The molecule has 0 N–H and O–H groups in total. The fourth-order valence-corrected chi connectivity index (χ4v) is 2.56. The Morgan fingerprint density at radius 2 is 1.67 bits per heavy atom. The lowest BCUT2D eigenvalue weighted by atomic mass is 10.1. The fraction of sp³-hybridized carbons (Fsp3) is 0.364. The molecule has 5 nitrogen and oxygen atoms in total. The van der Waals surface area contributed by atoms with Crippen LogP contribution >= 0.6 is 0 Å². The van der Waals surface area contributed by atoms with E-state index in [1.165, 1.54) is 12.1 Å². The molecule has 0 amide bonds. The fourth-order valence-electron chi connectivity index (χ4n) is 2.56. The van der Waals surface area contributed by atoms with Gasteiger partial charge in [-0.3, -0.25) is 0 Å². The van der Waals surface area contributed by atoms with Gasteiger partial charge in [-0.1, -0.05) is 24.2 Å². The van der Waals surface area contributed by atoms with Crippen LogP contribution in [-0.4, -0.2) is 31.5 Å².